The van der Waals surface area contributed by atoms with Gasteiger partial charge in [-0.15, -0.1) is 0 Å². The van der Waals surface area contributed by atoms with Gasteiger partial charge in [0.25, 0.3) is 0 Å². The van der Waals surface area contributed by atoms with Crippen LogP contribution >= 0.6 is 27.5 Å². The van der Waals surface area contributed by atoms with Gasteiger partial charge in [0.1, 0.15) is 0 Å². The quantitative estimate of drug-likeness (QED) is 0.700. The van der Waals surface area contributed by atoms with Crippen LogP contribution in [0.4, 0.5) is 0 Å². The van der Waals surface area contributed by atoms with Crippen LogP contribution in [-0.2, 0) is 5.41 Å². The largest absolute Gasteiger partial charge is 0.227 e. The maximum atomic E-state index is 5.89. The maximum Gasteiger partial charge on any atom is 0.197 e. The summed E-state index contributed by atoms with van der Waals surface area (Å²) in [5, 5.41) is 0.725. The van der Waals surface area contributed by atoms with Crippen molar-refractivity contribution in [2.24, 2.45) is 0 Å². The van der Waals surface area contributed by atoms with Crippen molar-refractivity contribution in [3.8, 4) is 11.3 Å². The van der Waals surface area contributed by atoms with Gasteiger partial charge in [-0.1, -0.05) is 44.5 Å². The standard InChI is InChI=1S/C14H14BrClN2/c1-14(2,3)12-8-11(17-13(15)18-12)9-4-6-10(16)7-5-9/h4-8H,1-3H3. The zero-order valence-electron chi connectivity index (χ0n) is 10.5. The summed E-state index contributed by atoms with van der Waals surface area (Å²) >= 11 is 9.26. The number of hydrogen-bond donors (Lipinski definition) is 0. The van der Waals surface area contributed by atoms with E-state index in [0.717, 1.165) is 22.0 Å². The van der Waals surface area contributed by atoms with Crippen molar-refractivity contribution in [2.45, 2.75) is 26.2 Å². The molecule has 0 N–H and O–H groups in total. The SMILES string of the molecule is CC(C)(C)c1cc(-c2ccc(Cl)cc2)nc(Br)n1. The summed E-state index contributed by atoms with van der Waals surface area (Å²) in [6, 6.07) is 9.68. The second kappa shape index (κ2) is 4.98. The third kappa shape index (κ3) is 3.09. The third-order valence-corrected chi connectivity index (χ3v) is 3.21. The lowest BCUT2D eigenvalue weighted by molar-refractivity contribution is 0.565. The van der Waals surface area contributed by atoms with E-state index in [1.165, 1.54) is 0 Å². The predicted octanol–water partition coefficient (Wildman–Crippen LogP) is 4.86. The molecule has 0 fully saturated rings. The Morgan fingerprint density at radius 3 is 2.22 bits per heavy atom. The Hall–Kier alpha value is -0.930. The molecule has 0 aliphatic rings. The van der Waals surface area contributed by atoms with Crippen LogP contribution in [0.15, 0.2) is 35.1 Å². The molecule has 0 saturated carbocycles. The average molecular weight is 326 g/mol. The molecule has 0 atom stereocenters. The van der Waals surface area contributed by atoms with Gasteiger partial charge in [-0.05, 0) is 34.1 Å². The maximum absolute atomic E-state index is 5.89. The van der Waals surface area contributed by atoms with E-state index in [2.05, 4.69) is 46.7 Å². The monoisotopic (exact) mass is 324 g/mol. The predicted molar refractivity (Wildman–Crippen MR) is 78.9 cm³/mol. The van der Waals surface area contributed by atoms with E-state index in [9.17, 15) is 0 Å². The molecule has 0 spiro atoms. The minimum Gasteiger partial charge on any atom is -0.227 e. The van der Waals surface area contributed by atoms with Crippen molar-refractivity contribution in [1.82, 2.24) is 9.97 Å². The molecule has 0 aliphatic carbocycles. The van der Waals surface area contributed by atoms with E-state index in [1.807, 2.05) is 30.3 Å². The molecule has 0 radical (unpaired) electrons. The molecule has 94 valence electrons. The molecular weight excluding hydrogens is 312 g/mol. The van der Waals surface area contributed by atoms with E-state index in [1.54, 1.807) is 0 Å². The molecule has 1 aromatic heterocycles. The highest BCUT2D eigenvalue weighted by molar-refractivity contribution is 9.10. The van der Waals surface area contributed by atoms with E-state index in [4.69, 9.17) is 11.6 Å². The first-order valence-electron chi connectivity index (χ1n) is 5.67. The van der Waals surface area contributed by atoms with E-state index in [0.29, 0.717) is 4.73 Å². The Morgan fingerprint density at radius 2 is 1.67 bits per heavy atom. The molecule has 0 unspecified atom stereocenters. The van der Waals surface area contributed by atoms with Crippen molar-refractivity contribution in [2.75, 3.05) is 0 Å². The van der Waals surface area contributed by atoms with Gasteiger partial charge in [-0.3, -0.25) is 0 Å². The Kier molecular flexibility index (Phi) is 3.74. The van der Waals surface area contributed by atoms with Crippen LogP contribution in [-0.4, -0.2) is 9.97 Å². The number of aromatic nitrogens is 2. The lowest BCUT2D eigenvalue weighted by Gasteiger charge is -2.18. The Balaban J connectivity index is 2.52. The average Bonchev–Trinajstić information content (AvgIpc) is 2.28. The molecule has 2 aromatic rings. The highest BCUT2D eigenvalue weighted by Crippen LogP contribution is 2.27. The topological polar surface area (TPSA) is 25.8 Å². The van der Waals surface area contributed by atoms with Gasteiger partial charge in [-0.25, -0.2) is 9.97 Å². The number of halogens is 2. The van der Waals surface area contributed by atoms with Crippen molar-refractivity contribution in [3.05, 3.63) is 45.8 Å². The number of benzene rings is 1. The lowest BCUT2D eigenvalue weighted by atomic mass is 9.91. The summed E-state index contributed by atoms with van der Waals surface area (Å²) in [5.74, 6) is 0. The third-order valence-electron chi connectivity index (χ3n) is 2.61. The van der Waals surface area contributed by atoms with Gasteiger partial charge in [0.05, 0.1) is 11.4 Å². The second-order valence-electron chi connectivity index (χ2n) is 5.16. The molecule has 18 heavy (non-hydrogen) atoms. The molecule has 2 nitrogen and oxygen atoms in total. The fourth-order valence-electron chi connectivity index (χ4n) is 1.57. The molecule has 0 saturated heterocycles. The van der Waals surface area contributed by atoms with Crippen LogP contribution in [0.5, 0.6) is 0 Å². The van der Waals surface area contributed by atoms with Crippen molar-refractivity contribution < 1.29 is 0 Å². The number of hydrogen-bond acceptors (Lipinski definition) is 2. The summed E-state index contributed by atoms with van der Waals surface area (Å²) in [4.78, 5) is 8.84. The number of nitrogens with zero attached hydrogens (tertiary/aromatic N) is 2. The fraction of sp³-hybridized carbons (Fsp3) is 0.286. The van der Waals surface area contributed by atoms with Crippen LogP contribution < -0.4 is 0 Å². The first-order chi connectivity index (χ1) is 8.36. The van der Waals surface area contributed by atoms with Gasteiger partial charge in [0, 0.05) is 16.0 Å². The minimum atomic E-state index is -0.00731. The smallest absolute Gasteiger partial charge is 0.197 e. The van der Waals surface area contributed by atoms with E-state index < -0.39 is 0 Å². The molecule has 4 heteroatoms. The first-order valence-corrected chi connectivity index (χ1v) is 6.84. The van der Waals surface area contributed by atoms with E-state index in [-0.39, 0.29) is 5.41 Å². The highest BCUT2D eigenvalue weighted by Gasteiger charge is 2.17. The molecule has 0 bridgehead atoms. The Labute approximate surface area is 121 Å². The number of rotatable bonds is 1. The normalized spacial score (nSPS) is 11.6. The summed E-state index contributed by atoms with van der Waals surface area (Å²) in [7, 11) is 0. The van der Waals surface area contributed by atoms with Gasteiger partial charge in [0.2, 0.25) is 0 Å². The Bertz CT molecular complexity index is 559. The first kappa shape index (κ1) is 13.5. The van der Waals surface area contributed by atoms with Gasteiger partial charge >= 0.3 is 0 Å². The fourth-order valence-corrected chi connectivity index (χ4v) is 2.08. The van der Waals surface area contributed by atoms with Crippen LogP contribution in [0, 0.1) is 0 Å². The molecule has 1 aromatic carbocycles. The van der Waals surface area contributed by atoms with E-state index >= 15 is 0 Å². The zero-order valence-corrected chi connectivity index (χ0v) is 12.9. The minimum absolute atomic E-state index is 0.00731. The van der Waals surface area contributed by atoms with Gasteiger partial charge < -0.3 is 0 Å². The van der Waals surface area contributed by atoms with Gasteiger partial charge in [0.15, 0.2) is 4.73 Å². The summed E-state index contributed by atoms with van der Waals surface area (Å²) in [5.41, 5.74) is 2.94. The molecule has 1 heterocycles. The Morgan fingerprint density at radius 1 is 1.06 bits per heavy atom. The lowest BCUT2D eigenvalue weighted by Crippen LogP contribution is -2.14. The molecular formula is C14H14BrClN2. The highest BCUT2D eigenvalue weighted by atomic mass is 79.9. The molecule has 0 amide bonds. The van der Waals surface area contributed by atoms with Crippen LogP contribution in [0.2, 0.25) is 5.02 Å². The van der Waals surface area contributed by atoms with Crippen molar-refractivity contribution in [3.63, 3.8) is 0 Å². The zero-order chi connectivity index (χ0) is 13.3. The van der Waals surface area contributed by atoms with Crippen molar-refractivity contribution >= 4 is 27.5 Å². The summed E-state index contributed by atoms with van der Waals surface area (Å²) in [6.45, 7) is 6.40. The molecule has 0 aliphatic heterocycles. The van der Waals surface area contributed by atoms with Crippen molar-refractivity contribution in [1.29, 1.82) is 0 Å². The van der Waals surface area contributed by atoms with Crippen LogP contribution in [0.1, 0.15) is 26.5 Å². The van der Waals surface area contributed by atoms with Gasteiger partial charge in [-0.2, -0.15) is 0 Å². The molecule has 2 rings (SSSR count). The van der Waals surface area contributed by atoms with Crippen LogP contribution in [0.25, 0.3) is 11.3 Å². The van der Waals surface area contributed by atoms with Crippen LogP contribution in [0.3, 0.4) is 0 Å². The summed E-state index contributed by atoms with van der Waals surface area (Å²) < 4.78 is 0.611. The summed E-state index contributed by atoms with van der Waals surface area (Å²) in [6.07, 6.45) is 0. The second-order valence-corrected chi connectivity index (χ2v) is 6.31.